The lowest BCUT2D eigenvalue weighted by Crippen LogP contribution is -2.14. The van der Waals surface area contributed by atoms with Gasteiger partial charge in [0.2, 0.25) is 0 Å². The van der Waals surface area contributed by atoms with Gasteiger partial charge in [0.25, 0.3) is 0 Å². The maximum atomic E-state index is 4.83. The number of aromatic nitrogens is 4. The van der Waals surface area contributed by atoms with Crippen molar-refractivity contribution < 1.29 is 0 Å². The minimum atomic E-state index is 0.336. The van der Waals surface area contributed by atoms with Crippen LogP contribution in [0.5, 0.6) is 0 Å². The molecule has 116 valence electrons. The van der Waals surface area contributed by atoms with Crippen molar-refractivity contribution in [1.82, 2.24) is 19.6 Å². The lowest BCUT2D eigenvalue weighted by Gasteiger charge is -2.12. The molecule has 5 nitrogen and oxygen atoms in total. The molecule has 0 saturated heterocycles. The predicted molar refractivity (Wildman–Crippen MR) is 90.5 cm³/mol. The molecule has 0 amide bonds. The van der Waals surface area contributed by atoms with Gasteiger partial charge in [-0.2, -0.15) is 4.52 Å². The number of aryl methyl sites for hydroxylation is 3. The van der Waals surface area contributed by atoms with Gasteiger partial charge in [0.15, 0.2) is 11.3 Å². The zero-order valence-corrected chi connectivity index (χ0v) is 13.9. The van der Waals surface area contributed by atoms with E-state index in [1.807, 2.05) is 11.4 Å². The summed E-state index contributed by atoms with van der Waals surface area (Å²) in [5.74, 6) is 0.985. The second-order valence-electron chi connectivity index (χ2n) is 6.20. The summed E-state index contributed by atoms with van der Waals surface area (Å²) in [6.45, 7) is 10.5. The van der Waals surface area contributed by atoms with E-state index in [9.17, 15) is 0 Å². The topological polar surface area (TPSA) is 55.1 Å². The van der Waals surface area contributed by atoms with Crippen LogP contribution in [-0.4, -0.2) is 25.6 Å². The normalized spacial score (nSPS) is 11.7. The van der Waals surface area contributed by atoms with E-state index in [2.05, 4.69) is 55.2 Å². The van der Waals surface area contributed by atoms with Crippen molar-refractivity contribution in [3.05, 3.63) is 29.1 Å². The molecule has 0 aromatic carbocycles. The van der Waals surface area contributed by atoms with E-state index in [4.69, 9.17) is 4.98 Å². The lowest BCUT2D eigenvalue weighted by molar-refractivity contribution is 0.831. The van der Waals surface area contributed by atoms with Crippen LogP contribution in [0.3, 0.4) is 0 Å². The van der Waals surface area contributed by atoms with Crippen LogP contribution in [-0.2, 0) is 6.42 Å². The Hall–Kier alpha value is -2.17. The smallest absolute Gasteiger partial charge is 0.184 e. The number of nitrogens with one attached hydrogen (secondary N) is 1. The van der Waals surface area contributed by atoms with Crippen LogP contribution < -0.4 is 5.32 Å². The molecule has 3 aromatic heterocycles. The standard InChI is InChI=1S/C17H23N5/c1-6-7-13-9-14(18-10(2)3)22-17(20-13)15-11(4)8-12(5)19-16(15)21-22/h8-10,18H,6-7H2,1-5H3. The van der Waals surface area contributed by atoms with E-state index < -0.39 is 0 Å². The largest absolute Gasteiger partial charge is 0.368 e. The zero-order chi connectivity index (χ0) is 15.9. The van der Waals surface area contributed by atoms with Gasteiger partial charge in [0, 0.05) is 23.5 Å². The van der Waals surface area contributed by atoms with Gasteiger partial charge in [-0.05, 0) is 45.7 Å². The van der Waals surface area contributed by atoms with Gasteiger partial charge in [-0.15, -0.1) is 5.10 Å². The highest BCUT2D eigenvalue weighted by Crippen LogP contribution is 2.25. The Labute approximate surface area is 130 Å². The van der Waals surface area contributed by atoms with E-state index in [1.165, 1.54) is 5.56 Å². The van der Waals surface area contributed by atoms with Crippen LogP contribution in [0.2, 0.25) is 0 Å². The molecule has 0 aliphatic carbocycles. The van der Waals surface area contributed by atoms with Crippen LogP contribution in [0.1, 0.15) is 44.1 Å². The van der Waals surface area contributed by atoms with Gasteiger partial charge in [0.1, 0.15) is 5.82 Å². The first-order chi connectivity index (χ1) is 10.5. The highest BCUT2D eigenvalue weighted by molar-refractivity contribution is 5.93. The van der Waals surface area contributed by atoms with Gasteiger partial charge < -0.3 is 5.32 Å². The maximum Gasteiger partial charge on any atom is 0.184 e. The number of nitrogens with zero attached hydrogens (tertiary/aromatic N) is 4. The maximum absolute atomic E-state index is 4.83. The molecule has 3 rings (SSSR count). The Morgan fingerprint density at radius 1 is 1.18 bits per heavy atom. The molecule has 0 spiro atoms. The van der Waals surface area contributed by atoms with Crippen LogP contribution in [0.4, 0.5) is 5.82 Å². The lowest BCUT2D eigenvalue weighted by atomic mass is 10.2. The first kappa shape index (κ1) is 14.8. The quantitative estimate of drug-likeness (QED) is 0.798. The summed E-state index contributed by atoms with van der Waals surface area (Å²) in [4.78, 5) is 9.40. The fourth-order valence-corrected chi connectivity index (χ4v) is 2.86. The van der Waals surface area contributed by atoms with Gasteiger partial charge >= 0.3 is 0 Å². The summed E-state index contributed by atoms with van der Waals surface area (Å²) in [5.41, 5.74) is 4.93. The van der Waals surface area contributed by atoms with E-state index >= 15 is 0 Å². The zero-order valence-electron chi connectivity index (χ0n) is 13.9. The van der Waals surface area contributed by atoms with Crippen LogP contribution >= 0.6 is 0 Å². The molecule has 0 aliphatic rings. The molecule has 0 fully saturated rings. The van der Waals surface area contributed by atoms with E-state index in [0.29, 0.717) is 6.04 Å². The van der Waals surface area contributed by atoms with Crippen molar-refractivity contribution in [3.63, 3.8) is 0 Å². The van der Waals surface area contributed by atoms with Crippen molar-refractivity contribution in [2.45, 2.75) is 53.5 Å². The molecule has 3 aromatic rings. The number of pyridine rings is 1. The molecule has 1 N–H and O–H groups in total. The molecule has 22 heavy (non-hydrogen) atoms. The van der Waals surface area contributed by atoms with E-state index in [-0.39, 0.29) is 0 Å². The monoisotopic (exact) mass is 297 g/mol. The molecule has 0 bridgehead atoms. The summed E-state index contributed by atoms with van der Waals surface area (Å²) in [5, 5.41) is 9.20. The molecule has 0 atom stereocenters. The van der Waals surface area contributed by atoms with Crippen molar-refractivity contribution in [1.29, 1.82) is 0 Å². The Balaban J connectivity index is 2.35. The first-order valence-corrected chi connectivity index (χ1v) is 7.92. The summed E-state index contributed by atoms with van der Waals surface area (Å²) in [6.07, 6.45) is 2.04. The molecule has 0 radical (unpaired) electrons. The van der Waals surface area contributed by atoms with Gasteiger partial charge in [0.05, 0.1) is 5.39 Å². The molecule has 0 aliphatic heterocycles. The number of fused-ring (bicyclic) bond motifs is 3. The molecule has 5 heteroatoms. The minimum absolute atomic E-state index is 0.336. The third kappa shape index (κ3) is 2.51. The van der Waals surface area contributed by atoms with Gasteiger partial charge in [-0.1, -0.05) is 13.3 Å². The van der Waals surface area contributed by atoms with E-state index in [1.54, 1.807) is 0 Å². The second-order valence-corrected chi connectivity index (χ2v) is 6.20. The minimum Gasteiger partial charge on any atom is -0.368 e. The summed E-state index contributed by atoms with van der Waals surface area (Å²) in [6, 6.07) is 4.53. The number of anilines is 1. The number of hydrogen-bond acceptors (Lipinski definition) is 4. The third-order valence-corrected chi connectivity index (χ3v) is 3.67. The number of rotatable bonds is 4. The molecule has 0 unspecified atom stereocenters. The summed E-state index contributed by atoms with van der Waals surface area (Å²) in [7, 11) is 0. The van der Waals surface area contributed by atoms with Crippen LogP contribution in [0, 0.1) is 13.8 Å². The van der Waals surface area contributed by atoms with Gasteiger partial charge in [-0.3, -0.25) is 0 Å². The Morgan fingerprint density at radius 3 is 2.64 bits per heavy atom. The SMILES string of the molecule is CCCc1cc(NC(C)C)n2nc3nc(C)cc(C)c3c2n1. The van der Waals surface area contributed by atoms with Crippen molar-refractivity contribution >= 4 is 22.5 Å². The fraction of sp³-hybridized carbons (Fsp3) is 0.471. The number of hydrogen-bond donors (Lipinski definition) is 1. The summed E-state index contributed by atoms with van der Waals surface area (Å²) < 4.78 is 1.89. The molecule has 0 saturated carbocycles. The molecule has 3 heterocycles. The third-order valence-electron chi connectivity index (χ3n) is 3.67. The first-order valence-electron chi connectivity index (χ1n) is 7.92. The Morgan fingerprint density at radius 2 is 1.95 bits per heavy atom. The second kappa shape index (κ2) is 5.55. The van der Waals surface area contributed by atoms with Crippen molar-refractivity contribution in [3.8, 4) is 0 Å². The Kier molecular flexibility index (Phi) is 3.72. The Bertz CT molecular complexity index is 832. The average Bonchev–Trinajstić information content (AvgIpc) is 2.77. The van der Waals surface area contributed by atoms with Crippen molar-refractivity contribution in [2.24, 2.45) is 0 Å². The predicted octanol–water partition coefficient (Wildman–Crippen LogP) is 3.67. The highest BCUT2D eigenvalue weighted by atomic mass is 15.3. The summed E-state index contributed by atoms with van der Waals surface area (Å²) >= 11 is 0. The molecular weight excluding hydrogens is 274 g/mol. The molecular formula is C17H23N5. The van der Waals surface area contributed by atoms with E-state index in [0.717, 1.165) is 46.7 Å². The fourth-order valence-electron chi connectivity index (χ4n) is 2.86. The average molecular weight is 297 g/mol. The van der Waals surface area contributed by atoms with Crippen LogP contribution in [0.15, 0.2) is 12.1 Å². The van der Waals surface area contributed by atoms with Crippen molar-refractivity contribution in [2.75, 3.05) is 5.32 Å². The highest BCUT2D eigenvalue weighted by Gasteiger charge is 2.15. The van der Waals surface area contributed by atoms with Gasteiger partial charge in [-0.25, -0.2) is 9.97 Å². The van der Waals surface area contributed by atoms with Crippen LogP contribution in [0.25, 0.3) is 16.7 Å².